The van der Waals surface area contributed by atoms with Gasteiger partial charge < -0.3 is 15.0 Å². The molecule has 0 aromatic carbocycles. The van der Waals surface area contributed by atoms with E-state index in [4.69, 9.17) is 4.74 Å². The molecule has 5 heteroatoms. The summed E-state index contributed by atoms with van der Waals surface area (Å²) >= 11 is 0. The fourth-order valence-electron chi connectivity index (χ4n) is 1.91. The van der Waals surface area contributed by atoms with Crippen LogP contribution >= 0.6 is 0 Å². The van der Waals surface area contributed by atoms with Crippen molar-refractivity contribution in [2.24, 2.45) is 0 Å². The van der Waals surface area contributed by atoms with Gasteiger partial charge >= 0.3 is 0 Å². The highest BCUT2D eigenvalue weighted by Crippen LogP contribution is 2.29. The Kier molecular flexibility index (Phi) is 4.96. The zero-order valence-electron chi connectivity index (χ0n) is 12.1. The van der Waals surface area contributed by atoms with Gasteiger partial charge in [-0.1, -0.05) is 6.92 Å². The lowest BCUT2D eigenvalue weighted by atomic mass is 10.4. The molecule has 0 radical (unpaired) electrons. The minimum atomic E-state index is 0.476. The highest BCUT2D eigenvalue weighted by atomic mass is 16.5. The quantitative estimate of drug-likeness (QED) is 0.781. The van der Waals surface area contributed by atoms with E-state index in [1.165, 1.54) is 12.8 Å². The standard InChI is InChI=1S/C14H24N4O/c1-4-8-15-12-9-14(18(3)11-6-7-11)17-13(16-12)10-19-5-2/h9,11H,4-8,10H2,1-3H3,(H,15,16,17). The lowest BCUT2D eigenvalue weighted by Gasteiger charge is -2.19. The minimum Gasteiger partial charge on any atom is -0.374 e. The van der Waals surface area contributed by atoms with E-state index in [-0.39, 0.29) is 0 Å². The summed E-state index contributed by atoms with van der Waals surface area (Å²) in [6.45, 7) is 6.22. The maximum Gasteiger partial charge on any atom is 0.158 e. The Bertz CT molecular complexity index is 380. The number of nitrogens with one attached hydrogen (secondary N) is 1. The summed E-state index contributed by atoms with van der Waals surface area (Å²) in [5.41, 5.74) is 0. The molecule has 0 bridgehead atoms. The van der Waals surface area contributed by atoms with Crippen molar-refractivity contribution in [3.8, 4) is 0 Å². The van der Waals surface area contributed by atoms with Crippen molar-refractivity contribution in [3.05, 3.63) is 11.9 Å². The lowest BCUT2D eigenvalue weighted by molar-refractivity contribution is 0.128. The molecule has 2 rings (SSSR count). The van der Waals surface area contributed by atoms with Gasteiger partial charge in [0, 0.05) is 32.3 Å². The SMILES string of the molecule is CCCNc1cc(N(C)C2CC2)nc(COCC)n1. The van der Waals surface area contributed by atoms with Crippen molar-refractivity contribution in [2.45, 2.75) is 45.8 Å². The van der Waals surface area contributed by atoms with Crippen LogP contribution in [0.1, 0.15) is 38.9 Å². The van der Waals surface area contributed by atoms with Crippen molar-refractivity contribution >= 4 is 11.6 Å². The number of ether oxygens (including phenoxy) is 1. The van der Waals surface area contributed by atoms with Crippen LogP contribution in [0.4, 0.5) is 11.6 Å². The van der Waals surface area contributed by atoms with Crippen molar-refractivity contribution in [1.29, 1.82) is 0 Å². The first-order valence-corrected chi connectivity index (χ1v) is 7.17. The van der Waals surface area contributed by atoms with Gasteiger partial charge in [-0.15, -0.1) is 0 Å². The maximum atomic E-state index is 5.42. The number of nitrogens with zero attached hydrogens (tertiary/aromatic N) is 3. The molecule has 0 unspecified atom stereocenters. The molecule has 0 spiro atoms. The fraction of sp³-hybridized carbons (Fsp3) is 0.714. The first-order chi connectivity index (χ1) is 9.24. The molecule has 106 valence electrons. The van der Waals surface area contributed by atoms with Crippen molar-refractivity contribution in [3.63, 3.8) is 0 Å². The molecule has 5 nitrogen and oxygen atoms in total. The number of anilines is 2. The predicted molar refractivity (Wildman–Crippen MR) is 77.6 cm³/mol. The summed E-state index contributed by atoms with van der Waals surface area (Å²) in [6.07, 6.45) is 3.61. The normalized spacial score (nSPS) is 14.5. The van der Waals surface area contributed by atoms with Crippen molar-refractivity contribution in [1.82, 2.24) is 9.97 Å². The zero-order chi connectivity index (χ0) is 13.7. The Balaban J connectivity index is 2.14. The molecule has 1 fully saturated rings. The zero-order valence-corrected chi connectivity index (χ0v) is 12.1. The van der Waals surface area contributed by atoms with Gasteiger partial charge in [-0.05, 0) is 26.2 Å². The van der Waals surface area contributed by atoms with Crippen LogP contribution in [0.2, 0.25) is 0 Å². The Labute approximate surface area is 115 Å². The molecule has 1 aliphatic carbocycles. The van der Waals surface area contributed by atoms with Gasteiger partial charge in [-0.2, -0.15) is 0 Å². The molecule has 1 heterocycles. The summed E-state index contributed by atoms with van der Waals surface area (Å²) in [5.74, 6) is 2.64. The molecule has 0 amide bonds. The van der Waals surface area contributed by atoms with Gasteiger partial charge in [0.25, 0.3) is 0 Å². The van der Waals surface area contributed by atoms with Crippen LogP contribution in [0.25, 0.3) is 0 Å². The smallest absolute Gasteiger partial charge is 0.158 e. The highest BCUT2D eigenvalue weighted by Gasteiger charge is 2.27. The van der Waals surface area contributed by atoms with E-state index in [9.17, 15) is 0 Å². The largest absolute Gasteiger partial charge is 0.374 e. The van der Waals surface area contributed by atoms with Gasteiger partial charge in [0.05, 0.1) is 0 Å². The average molecular weight is 264 g/mol. The number of hydrogen-bond donors (Lipinski definition) is 1. The third kappa shape index (κ3) is 4.06. The average Bonchev–Trinajstić information content (AvgIpc) is 3.26. The van der Waals surface area contributed by atoms with E-state index in [0.29, 0.717) is 19.3 Å². The molecule has 19 heavy (non-hydrogen) atoms. The molecular weight excluding hydrogens is 240 g/mol. The van der Waals surface area contributed by atoms with Gasteiger partial charge in [-0.3, -0.25) is 0 Å². The second-order valence-electron chi connectivity index (χ2n) is 4.93. The maximum absolute atomic E-state index is 5.42. The molecule has 0 saturated heterocycles. The van der Waals surface area contributed by atoms with Crippen LogP contribution in [0.3, 0.4) is 0 Å². The molecule has 0 atom stereocenters. The number of aromatic nitrogens is 2. The summed E-state index contributed by atoms with van der Waals surface area (Å²) in [7, 11) is 2.11. The minimum absolute atomic E-state index is 0.476. The summed E-state index contributed by atoms with van der Waals surface area (Å²) < 4.78 is 5.42. The van der Waals surface area contributed by atoms with Crippen LogP contribution in [-0.4, -0.2) is 36.2 Å². The van der Waals surface area contributed by atoms with Crippen LogP contribution in [0.5, 0.6) is 0 Å². The molecule has 1 aromatic heterocycles. The lowest BCUT2D eigenvalue weighted by Crippen LogP contribution is -2.22. The molecule has 0 aliphatic heterocycles. The van der Waals surface area contributed by atoms with E-state index in [1.807, 2.05) is 13.0 Å². The topological polar surface area (TPSA) is 50.3 Å². The molecular formula is C14H24N4O. The van der Waals surface area contributed by atoms with E-state index in [1.54, 1.807) is 0 Å². The first kappa shape index (κ1) is 14.1. The molecule has 1 aliphatic rings. The van der Waals surface area contributed by atoms with Gasteiger partial charge in [0.15, 0.2) is 5.82 Å². The van der Waals surface area contributed by atoms with Gasteiger partial charge in [-0.25, -0.2) is 9.97 Å². The number of rotatable bonds is 8. The van der Waals surface area contributed by atoms with Gasteiger partial charge in [0.1, 0.15) is 18.2 Å². The van der Waals surface area contributed by atoms with Crippen molar-refractivity contribution < 1.29 is 4.74 Å². The highest BCUT2D eigenvalue weighted by molar-refractivity contribution is 5.50. The molecule has 1 saturated carbocycles. The Hall–Kier alpha value is -1.36. The molecule has 1 N–H and O–H groups in total. The van der Waals surface area contributed by atoms with Crippen LogP contribution in [-0.2, 0) is 11.3 Å². The predicted octanol–water partition coefficient (Wildman–Crippen LogP) is 2.43. The van der Waals surface area contributed by atoms with E-state index >= 15 is 0 Å². The van der Waals surface area contributed by atoms with Crippen LogP contribution < -0.4 is 10.2 Å². The Morgan fingerprint density at radius 3 is 2.79 bits per heavy atom. The number of hydrogen-bond acceptors (Lipinski definition) is 5. The third-order valence-electron chi connectivity index (χ3n) is 3.21. The molecule has 1 aromatic rings. The summed E-state index contributed by atoms with van der Waals surface area (Å²) in [6, 6.07) is 2.68. The van der Waals surface area contributed by atoms with Crippen molar-refractivity contribution in [2.75, 3.05) is 30.4 Å². The fourth-order valence-corrected chi connectivity index (χ4v) is 1.91. The Morgan fingerprint density at radius 2 is 2.16 bits per heavy atom. The first-order valence-electron chi connectivity index (χ1n) is 7.17. The second-order valence-corrected chi connectivity index (χ2v) is 4.93. The second kappa shape index (κ2) is 6.70. The van der Waals surface area contributed by atoms with Gasteiger partial charge in [0.2, 0.25) is 0 Å². The Morgan fingerprint density at radius 1 is 1.37 bits per heavy atom. The van der Waals surface area contributed by atoms with Crippen LogP contribution in [0.15, 0.2) is 6.07 Å². The van der Waals surface area contributed by atoms with E-state index in [0.717, 1.165) is 30.4 Å². The van der Waals surface area contributed by atoms with E-state index < -0.39 is 0 Å². The summed E-state index contributed by atoms with van der Waals surface area (Å²) in [5, 5.41) is 3.33. The summed E-state index contributed by atoms with van der Waals surface area (Å²) in [4.78, 5) is 11.3. The third-order valence-corrected chi connectivity index (χ3v) is 3.21. The van der Waals surface area contributed by atoms with Crippen LogP contribution in [0, 0.1) is 0 Å². The van der Waals surface area contributed by atoms with E-state index in [2.05, 4.69) is 34.2 Å². The monoisotopic (exact) mass is 264 g/mol.